The van der Waals surface area contributed by atoms with E-state index in [4.69, 9.17) is 23.9 Å². The smallest absolute Gasteiger partial charge is 0.344 e. The van der Waals surface area contributed by atoms with Gasteiger partial charge in [0, 0.05) is 66.7 Å². The number of piperidine rings is 1. The predicted octanol–water partition coefficient (Wildman–Crippen LogP) is 3.71. The fourth-order valence-electron chi connectivity index (χ4n) is 13.5. The van der Waals surface area contributed by atoms with Crippen molar-refractivity contribution >= 4 is 41.4 Å². The Kier molecular flexibility index (Phi) is 9.66. The second-order valence-electron chi connectivity index (χ2n) is 18.2. The Bertz CT molecular complexity index is 2210. The van der Waals surface area contributed by atoms with Gasteiger partial charge in [-0.3, -0.25) is 24.3 Å². The van der Waals surface area contributed by atoms with E-state index < -0.39 is 63.5 Å². The second-order valence-corrected chi connectivity index (χ2v) is 18.2. The van der Waals surface area contributed by atoms with Crippen LogP contribution in [0.5, 0.6) is 5.75 Å². The van der Waals surface area contributed by atoms with Gasteiger partial charge in [0.15, 0.2) is 6.10 Å². The minimum absolute atomic E-state index is 0.162. The molecule has 320 valence electrons. The minimum Gasteiger partial charge on any atom is -0.496 e. The van der Waals surface area contributed by atoms with E-state index in [1.165, 1.54) is 33.2 Å². The highest BCUT2D eigenvalue weighted by Crippen LogP contribution is 2.68. The lowest BCUT2D eigenvalue weighted by Crippen LogP contribution is -2.81. The zero-order valence-corrected chi connectivity index (χ0v) is 35.3. The zero-order valence-electron chi connectivity index (χ0n) is 35.3. The van der Waals surface area contributed by atoms with Gasteiger partial charge in [0.05, 0.1) is 44.3 Å². The van der Waals surface area contributed by atoms with Gasteiger partial charge in [-0.1, -0.05) is 44.2 Å². The summed E-state index contributed by atoms with van der Waals surface area (Å²) in [5.41, 5.74) is -3.28. The monoisotopic (exact) mass is 824 g/mol. The molecule has 11 atom stereocenters. The number of para-hydroxylation sites is 1. The summed E-state index contributed by atoms with van der Waals surface area (Å²) < 4.78 is 23.7. The molecule has 2 aromatic rings. The lowest BCUT2D eigenvalue weighted by molar-refractivity contribution is -0.228. The number of methoxy groups -OCH3 is 3. The Hall–Kier alpha value is -4.63. The zero-order chi connectivity index (χ0) is 42.6. The molecule has 6 aliphatic heterocycles. The van der Waals surface area contributed by atoms with Gasteiger partial charge in [0.1, 0.15) is 11.2 Å². The molecule has 6 heterocycles. The van der Waals surface area contributed by atoms with Gasteiger partial charge in [-0.25, -0.2) is 4.79 Å². The van der Waals surface area contributed by atoms with Gasteiger partial charge in [-0.05, 0) is 80.8 Å². The quantitative estimate of drug-likeness (QED) is 0.172. The Morgan fingerprint density at radius 3 is 2.42 bits per heavy atom. The van der Waals surface area contributed by atoms with Gasteiger partial charge in [-0.15, -0.1) is 0 Å². The number of carbonyl (C=O) groups excluding carboxylic acids is 4. The standard InChI is InChI=1S/C46H56N4O10/c1-7-42(55)22-28-23-45(40(53)58-5,36-30(14-18-48(24-28)25-42)29-12-9-10-13-33(29)47-36)32-20-31-34(21-35(32)57-4)50(26-51)38-44(31)16-19-49-17-11-15-43(8-2,37(44)49)39(60-27(3)52)46(38,56)41(54)59-6/h9-13,15,20-21,26,28,30,37-39,55-56H,7-8,14,16-19,22-25H2,1-6H3. The number of fused-ring (bicyclic) bond motifs is 6. The van der Waals surface area contributed by atoms with Crippen LogP contribution in [-0.4, -0.2) is 133 Å². The molecule has 60 heavy (non-hydrogen) atoms. The topological polar surface area (TPSA) is 168 Å². The third-order valence-corrected chi connectivity index (χ3v) is 15.6. The van der Waals surface area contributed by atoms with Gasteiger partial charge in [0.2, 0.25) is 12.0 Å². The minimum atomic E-state index is -2.53. The number of hydrogen-bond donors (Lipinski definition) is 2. The van der Waals surface area contributed by atoms with Crippen LogP contribution >= 0.6 is 0 Å². The number of aliphatic hydroxyl groups is 2. The molecule has 11 unspecified atom stereocenters. The molecule has 1 saturated carbocycles. The molecule has 1 spiro atoms. The Morgan fingerprint density at radius 2 is 1.73 bits per heavy atom. The SMILES string of the molecule is CCC1(O)CC2CN(CCC3C(=Nc4ccccc43)C(C(=O)OC)(c3cc4c(cc3OC)N(C=O)C3C(O)(C(=O)OC)C(OC(C)=O)C5(CC)C=CCN6CCC43C65)C2)C1. The number of aliphatic imine (C=N–C) groups is 1. The van der Waals surface area contributed by atoms with Gasteiger partial charge in [0.25, 0.3) is 0 Å². The molecule has 9 rings (SSSR count). The number of ether oxygens (including phenoxy) is 4. The van der Waals surface area contributed by atoms with Crippen molar-refractivity contribution in [2.45, 2.75) is 105 Å². The van der Waals surface area contributed by atoms with Crippen LogP contribution in [0.25, 0.3) is 0 Å². The highest BCUT2D eigenvalue weighted by atomic mass is 16.6. The summed E-state index contributed by atoms with van der Waals surface area (Å²) in [5.74, 6) is -2.36. The van der Waals surface area contributed by atoms with Crippen LogP contribution < -0.4 is 9.64 Å². The molecule has 0 radical (unpaired) electrons. The Labute approximate surface area is 350 Å². The van der Waals surface area contributed by atoms with Crippen molar-refractivity contribution < 1.29 is 48.3 Å². The average molecular weight is 825 g/mol. The number of benzene rings is 2. The van der Waals surface area contributed by atoms with Crippen LogP contribution in [-0.2, 0) is 44.2 Å². The van der Waals surface area contributed by atoms with E-state index >= 15 is 4.79 Å². The molecular formula is C46H56N4O10. The number of esters is 3. The number of rotatable bonds is 8. The van der Waals surface area contributed by atoms with Gasteiger partial charge >= 0.3 is 17.9 Å². The molecule has 14 heteroatoms. The number of amides is 1. The van der Waals surface area contributed by atoms with Crippen LogP contribution in [0.15, 0.2) is 53.5 Å². The summed E-state index contributed by atoms with van der Waals surface area (Å²) >= 11 is 0. The van der Waals surface area contributed by atoms with Gasteiger partial charge < -0.3 is 39.0 Å². The fraction of sp³-hybridized carbons (Fsp3) is 0.587. The number of anilines is 1. The molecule has 0 aromatic heterocycles. The summed E-state index contributed by atoms with van der Waals surface area (Å²) in [7, 11) is 4.08. The van der Waals surface area contributed by atoms with Crippen molar-refractivity contribution in [1.29, 1.82) is 0 Å². The molecule has 14 nitrogen and oxygen atoms in total. The van der Waals surface area contributed by atoms with E-state index in [1.807, 2.05) is 50.3 Å². The first-order chi connectivity index (χ1) is 28.8. The second kappa shape index (κ2) is 14.2. The normalized spacial score (nSPS) is 38.4. The third-order valence-electron chi connectivity index (χ3n) is 15.6. The van der Waals surface area contributed by atoms with Crippen molar-refractivity contribution in [3.05, 3.63) is 65.2 Å². The summed E-state index contributed by atoms with van der Waals surface area (Å²) in [4.78, 5) is 67.8. The predicted molar refractivity (Wildman–Crippen MR) is 220 cm³/mol. The molecular weight excluding hydrogens is 769 g/mol. The first-order valence-corrected chi connectivity index (χ1v) is 21.3. The van der Waals surface area contributed by atoms with Crippen molar-refractivity contribution in [3.63, 3.8) is 0 Å². The number of carbonyl (C=O) groups is 4. The first kappa shape index (κ1) is 40.8. The maximum absolute atomic E-state index is 15.3. The fourth-order valence-corrected chi connectivity index (χ4v) is 13.5. The van der Waals surface area contributed by atoms with Crippen LogP contribution in [0.2, 0.25) is 0 Å². The van der Waals surface area contributed by atoms with Crippen LogP contribution in [0, 0.1) is 11.3 Å². The Balaban J connectivity index is 1.36. The van der Waals surface area contributed by atoms with E-state index in [0.717, 1.165) is 11.3 Å². The number of nitrogens with zero attached hydrogens (tertiary/aromatic N) is 4. The van der Waals surface area contributed by atoms with E-state index in [-0.39, 0.29) is 18.3 Å². The first-order valence-electron chi connectivity index (χ1n) is 21.3. The van der Waals surface area contributed by atoms with Crippen molar-refractivity contribution in [2.75, 3.05) is 59.0 Å². The van der Waals surface area contributed by atoms with E-state index in [9.17, 15) is 24.6 Å². The van der Waals surface area contributed by atoms with E-state index in [2.05, 4.69) is 15.9 Å². The van der Waals surface area contributed by atoms with Crippen LogP contribution in [0.1, 0.15) is 81.9 Å². The maximum Gasteiger partial charge on any atom is 0.344 e. The molecule has 2 aromatic carbocycles. The highest BCUT2D eigenvalue weighted by Gasteiger charge is 2.81. The summed E-state index contributed by atoms with van der Waals surface area (Å²) in [6.45, 7) is 8.17. The molecule has 2 bridgehead atoms. The lowest BCUT2D eigenvalue weighted by atomic mass is 9.47. The van der Waals surface area contributed by atoms with Crippen molar-refractivity contribution in [2.24, 2.45) is 16.3 Å². The van der Waals surface area contributed by atoms with E-state index in [0.29, 0.717) is 99.5 Å². The van der Waals surface area contributed by atoms with Crippen LogP contribution in [0.4, 0.5) is 11.4 Å². The number of hydrogen-bond acceptors (Lipinski definition) is 13. The van der Waals surface area contributed by atoms with Crippen molar-refractivity contribution in [1.82, 2.24) is 9.80 Å². The average Bonchev–Trinajstić information content (AvgIpc) is 3.92. The summed E-state index contributed by atoms with van der Waals surface area (Å²) in [6.07, 6.45) is 5.86. The van der Waals surface area contributed by atoms with Crippen molar-refractivity contribution in [3.8, 4) is 5.75 Å². The molecule has 2 N–H and O–H groups in total. The molecule has 7 aliphatic rings. The summed E-state index contributed by atoms with van der Waals surface area (Å²) in [6, 6.07) is 9.91. The highest BCUT2D eigenvalue weighted by molar-refractivity contribution is 6.18. The van der Waals surface area contributed by atoms with E-state index in [1.54, 1.807) is 6.07 Å². The molecule has 4 fully saturated rings. The lowest BCUT2D eigenvalue weighted by Gasteiger charge is -2.63. The maximum atomic E-state index is 15.3. The van der Waals surface area contributed by atoms with Gasteiger partial charge in [-0.2, -0.15) is 0 Å². The Morgan fingerprint density at radius 1 is 0.967 bits per heavy atom. The molecule has 3 saturated heterocycles. The third kappa shape index (κ3) is 5.23. The molecule has 1 amide bonds. The largest absolute Gasteiger partial charge is 0.496 e. The van der Waals surface area contributed by atoms with Crippen LogP contribution in [0.3, 0.4) is 0 Å². The molecule has 1 aliphatic carbocycles. The summed E-state index contributed by atoms with van der Waals surface area (Å²) in [5, 5.41) is 25.3.